The van der Waals surface area contributed by atoms with Crippen molar-refractivity contribution in [3.8, 4) is 0 Å². The number of aliphatic carboxylic acids is 1. The standard InChI is InChI=1S/C3H7NO6S/c4-2(3(5)6)1-10-11(7,8)9/h2H,1,4H2,(H,5,6)(H,7,8,9)/p-1/t2-/m0/s1. The molecule has 0 aliphatic carbocycles. The summed E-state index contributed by atoms with van der Waals surface area (Å²) >= 11 is 0. The Bertz CT molecular complexity index is 232. The zero-order valence-electron chi connectivity index (χ0n) is 5.35. The fraction of sp³-hybridized carbons (Fsp3) is 0.667. The third-order valence-electron chi connectivity index (χ3n) is 0.747. The number of rotatable bonds is 4. The van der Waals surface area contributed by atoms with Gasteiger partial charge in [0.25, 0.3) is 0 Å². The first-order chi connectivity index (χ1) is 4.83. The Morgan fingerprint density at radius 1 is 1.64 bits per heavy atom. The van der Waals surface area contributed by atoms with E-state index in [1.165, 1.54) is 0 Å². The average molecular weight is 184 g/mol. The third-order valence-corrected chi connectivity index (χ3v) is 1.17. The molecule has 0 saturated carbocycles. The summed E-state index contributed by atoms with van der Waals surface area (Å²) in [7, 11) is -4.83. The maximum atomic E-state index is 9.87. The van der Waals surface area contributed by atoms with Crippen LogP contribution in [0.25, 0.3) is 0 Å². The van der Waals surface area contributed by atoms with Crippen LogP contribution in [0.4, 0.5) is 0 Å². The number of quaternary nitrogens is 1. The largest absolute Gasteiger partial charge is 0.726 e. The van der Waals surface area contributed by atoms with Gasteiger partial charge in [0, 0.05) is 0 Å². The van der Waals surface area contributed by atoms with Gasteiger partial charge in [-0.25, -0.2) is 8.42 Å². The molecule has 3 N–H and O–H groups in total. The van der Waals surface area contributed by atoms with Gasteiger partial charge in [-0.3, -0.25) is 4.18 Å². The van der Waals surface area contributed by atoms with E-state index in [1.807, 2.05) is 0 Å². The van der Waals surface area contributed by atoms with E-state index in [9.17, 15) is 22.9 Å². The minimum Gasteiger partial charge on any atom is -0.726 e. The Hall–Kier alpha value is -0.700. The highest BCUT2D eigenvalue weighted by molar-refractivity contribution is 7.80. The molecule has 0 radical (unpaired) electrons. The quantitative estimate of drug-likeness (QED) is 0.348. The van der Waals surface area contributed by atoms with Crippen molar-refractivity contribution in [2.24, 2.45) is 0 Å². The van der Waals surface area contributed by atoms with Gasteiger partial charge in [0.05, 0.1) is 0 Å². The van der Waals surface area contributed by atoms with Gasteiger partial charge in [-0.1, -0.05) is 0 Å². The Labute approximate surface area is 62.7 Å². The summed E-state index contributed by atoms with van der Waals surface area (Å²) in [5.41, 5.74) is 2.95. The van der Waals surface area contributed by atoms with E-state index in [0.717, 1.165) is 0 Å². The Morgan fingerprint density at radius 2 is 2.09 bits per heavy atom. The number of carboxylic acid groups (broad SMARTS) is 1. The molecule has 11 heavy (non-hydrogen) atoms. The van der Waals surface area contributed by atoms with Crippen LogP contribution in [-0.4, -0.2) is 31.6 Å². The molecule has 0 aromatic carbocycles. The van der Waals surface area contributed by atoms with Gasteiger partial charge in [0.2, 0.25) is 10.4 Å². The molecule has 0 aliphatic rings. The molecule has 0 spiro atoms. The van der Waals surface area contributed by atoms with E-state index in [1.54, 1.807) is 0 Å². The Kier molecular flexibility index (Phi) is 3.39. The van der Waals surface area contributed by atoms with Crippen LogP contribution in [0.3, 0.4) is 0 Å². The number of carbonyl (C=O) groups is 1. The minimum absolute atomic E-state index is 0.797. The van der Waals surface area contributed by atoms with Gasteiger partial charge in [-0.15, -0.1) is 0 Å². The van der Waals surface area contributed by atoms with E-state index in [4.69, 9.17) is 0 Å². The second-order valence-corrected chi connectivity index (χ2v) is 2.76. The van der Waals surface area contributed by atoms with Crippen molar-refractivity contribution in [2.45, 2.75) is 6.04 Å². The first kappa shape index (κ1) is 10.3. The Morgan fingerprint density at radius 3 is 2.36 bits per heavy atom. The summed E-state index contributed by atoms with van der Waals surface area (Å²) in [6, 6.07) is -1.36. The normalized spacial score (nSPS) is 14.4. The van der Waals surface area contributed by atoms with Gasteiger partial charge in [-0.05, 0) is 0 Å². The molecule has 0 aromatic heterocycles. The minimum atomic E-state index is -4.83. The molecule has 0 aliphatic heterocycles. The molecule has 0 aromatic rings. The highest BCUT2D eigenvalue weighted by Gasteiger charge is 2.08. The van der Waals surface area contributed by atoms with Crippen molar-refractivity contribution in [1.82, 2.24) is 0 Å². The molecule has 0 fully saturated rings. The van der Waals surface area contributed by atoms with Gasteiger partial charge in [-0.2, -0.15) is 0 Å². The Balaban J connectivity index is 3.82. The molecular formula is C3H6NO6S-. The number of carboxylic acids is 1. The van der Waals surface area contributed by atoms with Crippen LogP contribution < -0.4 is 10.8 Å². The van der Waals surface area contributed by atoms with E-state index in [0.29, 0.717) is 0 Å². The fourth-order valence-electron chi connectivity index (χ4n) is 0.234. The fourth-order valence-corrected chi connectivity index (χ4v) is 0.564. The molecule has 0 rings (SSSR count). The molecule has 7 nitrogen and oxygen atoms in total. The monoisotopic (exact) mass is 184 g/mol. The molecule has 8 heteroatoms. The summed E-state index contributed by atoms with van der Waals surface area (Å²) in [6.45, 7) is -0.797. The van der Waals surface area contributed by atoms with Crippen LogP contribution in [0.1, 0.15) is 0 Å². The van der Waals surface area contributed by atoms with Crippen LogP contribution in [0.15, 0.2) is 0 Å². The van der Waals surface area contributed by atoms with Crippen molar-refractivity contribution in [3.05, 3.63) is 0 Å². The summed E-state index contributed by atoms with van der Waals surface area (Å²) in [5, 5.41) is 9.87. The number of hydrogen-bond donors (Lipinski definition) is 1. The number of hydrogen-bond acceptors (Lipinski definition) is 6. The van der Waals surface area contributed by atoms with Gasteiger partial charge < -0.3 is 20.2 Å². The van der Waals surface area contributed by atoms with E-state index < -0.39 is 29.0 Å². The molecule has 0 unspecified atom stereocenters. The topological polar surface area (TPSA) is 134 Å². The molecule has 0 heterocycles. The number of carbonyl (C=O) groups excluding carboxylic acids is 1. The molecule has 66 valence electrons. The van der Waals surface area contributed by atoms with Crippen molar-refractivity contribution < 1.29 is 32.8 Å². The highest BCUT2D eigenvalue weighted by Crippen LogP contribution is 1.85. The van der Waals surface area contributed by atoms with Crippen molar-refractivity contribution in [2.75, 3.05) is 6.61 Å². The van der Waals surface area contributed by atoms with Crippen LogP contribution in [-0.2, 0) is 19.4 Å². The third kappa shape index (κ3) is 5.73. The van der Waals surface area contributed by atoms with E-state index >= 15 is 0 Å². The molecule has 1 atom stereocenters. The predicted octanol–water partition coefficient (Wildman–Crippen LogP) is -4.18. The van der Waals surface area contributed by atoms with Crippen LogP contribution >= 0.6 is 0 Å². The first-order valence-electron chi connectivity index (χ1n) is 2.47. The first-order valence-corrected chi connectivity index (χ1v) is 3.80. The molecule has 0 amide bonds. The lowest BCUT2D eigenvalue weighted by atomic mass is 10.3. The van der Waals surface area contributed by atoms with Crippen molar-refractivity contribution >= 4 is 16.4 Å². The maximum absolute atomic E-state index is 9.87. The van der Waals surface area contributed by atoms with Gasteiger partial charge >= 0.3 is 0 Å². The lowest BCUT2D eigenvalue weighted by Gasteiger charge is -2.11. The van der Waals surface area contributed by atoms with Crippen molar-refractivity contribution in [1.29, 1.82) is 0 Å². The predicted molar refractivity (Wildman–Crippen MR) is 27.3 cm³/mol. The van der Waals surface area contributed by atoms with Crippen LogP contribution in [0.2, 0.25) is 0 Å². The zero-order chi connectivity index (χ0) is 9.07. The summed E-state index contributed by atoms with van der Waals surface area (Å²) in [5.74, 6) is -1.58. The lowest BCUT2D eigenvalue weighted by molar-refractivity contribution is -0.440. The van der Waals surface area contributed by atoms with Crippen LogP contribution in [0.5, 0.6) is 0 Å². The molecular weight excluding hydrogens is 178 g/mol. The maximum Gasteiger partial charge on any atom is 0.217 e. The second kappa shape index (κ2) is 3.62. The molecule has 0 bridgehead atoms. The molecule has 0 saturated heterocycles. The summed E-state index contributed by atoms with van der Waals surface area (Å²) in [6.07, 6.45) is 0. The lowest BCUT2D eigenvalue weighted by Crippen LogP contribution is -2.70. The second-order valence-electron chi connectivity index (χ2n) is 1.71. The average Bonchev–Trinajstić information content (AvgIpc) is 1.80. The highest BCUT2D eigenvalue weighted by atomic mass is 32.3. The van der Waals surface area contributed by atoms with Gasteiger partial charge in [0.1, 0.15) is 18.6 Å². The van der Waals surface area contributed by atoms with E-state index in [-0.39, 0.29) is 0 Å². The van der Waals surface area contributed by atoms with E-state index in [2.05, 4.69) is 9.92 Å². The smallest absolute Gasteiger partial charge is 0.217 e. The van der Waals surface area contributed by atoms with Gasteiger partial charge in [0.15, 0.2) is 0 Å². The van der Waals surface area contributed by atoms with Crippen molar-refractivity contribution in [3.63, 3.8) is 0 Å². The summed E-state index contributed by atoms with van der Waals surface area (Å²) in [4.78, 5) is 9.87. The zero-order valence-corrected chi connectivity index (χ0v) is 6.17. The van der Waals surface area contributed by atoms with Crippen LogP contribution in [0, 0.1) is 0 Å². The summed E-state index contributed by atoms with van der Waals surface area (Å²) < 4.78 is 32.8. The SMILES string of the molecule is [NH3+][C@@H](COS(=O)(=O)[O-])C(=O)[O-].